The first-order valence-corrected chi connectivity index (χ1v) is 10.1. The van der Waals surface area contributed by atoms with Gasteiger partial charge in [-0.25, -0.2) is 0 Å². The maximum Gasteiger partial charge on any atom is 0.304 e. The zero-order chi connectivity index (χ0) is 18.9. The second kappa shape index (κ2) is 7.39. The van der Waals surface area contributed by atoms with Crippen LogP contribution in [0.1, 0.15) is 72.7 Å². The number of anilines is 1. The van der Waals surface area contributed by atoms with Crippen molar-refractivity contribution in [3.8, 4) is 0 Å². The second-order valence-electron chi connectivity index (χ2n) is 7.70. The average Bonchev–Trinajstić information content (AvgIpc) is 3.15. The summed E-state index contributed by atoms with van der Waals surface area (Å²) < 4.78 is 0. The Kier molecular flexibility index (Phi) is 5.37. The van der Waals surface area contributed by atoms with E-state index in [-0.39, 0.29) is 18.2 Å². The third-order valence-electron chi connectivity index (χ3n) is 5.94. The van der Waals surface area contributed by atoms with Crippen LogP contribution in [0.4, 0.5) is 5.00 Å². The van der Waals surface area contributed by atoms with E-state index in [1.807, 2.05) is 0 Å². The Balaban J connectivity index is 1.88. The van der Waals surface area contributed by atoms with Gasteiger partial charge in [0.25, 0.3) is 5.91 Å². The first kappa shape index (κ1) is 18.9. The van der Waals surface area contributed by atoms with Crippen LogP contribution in [0.25, 0.3) is 0 Å². The highest BCUT2D eigenvalue weighted by Gasteiger charge is 2.44. The van der Waals surface area contributed by atoms with E-state index < -0.39 is 17.3 Å². The highest BCUT2D eigenvalue weighted by Crippen LogP contribution is 2.44. The van der Waals surface area contributed by atoms with Gasteiger partial charge in [0.2, 0.25) is 5.91 Å². The van der Waals surface area contributed by atoms with Crippen LogP contribution in [0.15, 0.2) is 0 Å². The smallest absolute Gasteiger partial charge is 0.304 e. The van der Waals surface area contributed by atoms with E-state index in [0.717, 1.165) is 61.8 Å². The Morgan fingerprint density at radius 2 is 1.88 bits per heavy atom. The summed E-state index contributed by atoms with van der Waals surface area (Å²) in [6, 6.07) is 0. The van der Waals surface area contributed by atoms with Crippen LogP contribution in [0.2, 0.25) is 0 Å². The summed E-state index contributed by atoms with van der Waals surface area (Å²) in [6.07, 6.45) is 7.38. The molecule has 0 aliphatic heterocycles. The topological polar surface area (TPSA) is 109 Å². The first-order chi connectivity index (χ1) is 12.3. The van der Waals surface area contributed by atoms with E-state index >= 15 is 0 Å². The van der Waals surface area contributed by atoms with Gasteiger partial charge in [-0.05, 0) is 50.5 Å². The number of nitrogens with two attached hydrogens (primary N) is 1. The molecule has 0 radical (unpaired) electrons. The SMILES string of the molecule is CC(CC(=O)O)(C(=O)Nc1sc2c(c1C(N)=O)CCC2)C1CCCCC1. The number of fused-ring (bicyclic) bond motifs is 1. The van der Waals surface area contributed by atoms with Gasteiger partial charge in [-0.1, -0.05) is 19.3 Å². The lowest BCUT2D eigenvalue weighted by molar-refractivity contribution is -0.145. The fraction of sp³-hybridized carbons (Fsp3) is 0.632. The third-order valence-corrected chi connectivity index (χ3v) is 7.15. The Morgan fingerprint density at radius 1 is 1.19 bits per heavy atom. The van der Waals surface area contributed by atoms with Crippen molar-refractivity contribution >= 4 is 34.1 Å². The van der Waals surface area contributed by atoms with E-state index in [1.54, 1.807) is 6.92 Å². The van der Waals surface area contributed by atoms with Crippen molar-refractivity contribution in [1.82, 2.24) is 0 Å². The minimum absolute atomic E-state index is 0.0381. The normalized spacial score (nSPS) is 19.6. The number of carboxylic acid groups (broad SMARTS) is 1. The minimum Gasteiger partial charge on any atom is -0.481 e. The lowest BCUT2D eigenvalue weighted by atomic mass is 9.67. The monoisotopic (exact) mass is 378 g/mol. The predicted octanol–water partition coefficient (Wildman–Crippen LogP) is 3.34. The molecule has 0 spiro atoms. The highest BCUT2D eigenvalue weighted by atomic mass is 32.1. The van der Waals surface area contributed by atoms with Crippen LogP contribution in [-0.2, 0) is 22.4 Å². The van der Waals surface area contributed by atoms with Crippen molar-refractivity contribution in [3.05, 3.63) is 16.0 Å². The molecule has 1 saturated carbocycles. The fourth-order valence-electron chi connectivity index (χ4n) is 4.46. The van der Waals surface area contributed by atoms with E-state index in [0.29, 0.717) is 10.6 Å². The number of amides is 2. The molecule has 1 fully saturated rings. The molecule has 3 rings (SSSR count). The van der Waals surface area contributed by atoms with Crippen molar-refractivity contribution in [3.63, 3.8) is 0 Å². The van der Waals surface area contributed by atoms with Crippen LogP contribution in [-0.4, -0.2) is 22.9 Å². The zero-order valence-corrected chi connectivity index (χ0v) is 15.9. The lowest BCUT2D eigenvalue weighted by Crippen LogP contribution is -2.42. The van der Waals surface area contributed by atoms with E-state index in [2.05, 4.69) is 5.32 Å². The number of nitrogens with one attached hydrogen (secondary N) is 1. The number of primary amides is 1. The molecule has 1 unspecified atom stereocenters. The summed E-state index contributed by atoms with van der Waals surface area (Å²) in [5.41, 5.74) is 5.94. The molecule has 7 heteroatoms. The van der Waals surface area contributed by atoms with Gasteiger partial charge in [0.15, 0.2) is 0 Å². The number of thiophene rings is 1. The fourth-order valence-corrected chi connectivity index (χ4v) is 5.75. The number of hydrogen-bond acceptors (Lipinski definition) is 4. The molecule has 142 valence electrons. The summed E-state index contributed by atoms with van der Waals surface area (Å²) in [7, 11) is 0. The Labute approximate surface area is 157 Å². The van der Waals surface area contributed by atoms with E-state index in [1.165, 1.54) is 11.3 Å². The van der Waals surface area contributed by atoms with Crippen LogP contribution in [0.5, 0.6) is 0 Å². The minimum atomic E-state index is -0.990. The molecular weight excluding hydrogens is 352 g/mol. The lowest BCUT2D eigenvalue weighted by Gasteiger charge is -2.37. The predicted molar refractivity (Wildman–Crippen MR) is 100 cm³/mol. The van der Waals surface area contributed by atoms with E-state index in [9.17, 15) is 19.5 Å². The van der Waals surface area contributed by atoms with Gasteiger partial charge in [0.05, 0.1) is 17.4 Å². The number of aryl methyl sites for hydroxylation is 1. The standard InChI is InChI=1S/C19H26N2O4S/c1-19(10-14(22)23,11-6-3-2-4-7-11)18(25)21-17-15(16(20)24)12-8-5-9-13(12)26-17/h11H,2-10H2,1H3,(H2,20,24)(H,21,25)(H,22,23). The number of hydrogen-bond donors (Lipinski definition) is 3. The quantitative estimate of drug-likeness (QED) is 0.705. The van der Waals surface area contributed by atoms with Gasteiger partial charge >= 0.3 is 5.97 Å². The number of aliphatic carboxylic acids is 1. The first-order valence-electron chi connectivity index (χ1n) is 9.30. The molecule has 1 aromatic heterocycles. The van der Waals surface area contributed by atoms with Gasteiger partial charge < -0.3 is 16.2 Å². The Bertz CT molecular complexity index is 736. The van der Waals surface area contributed by atoms with Crippen molar-refractivity contribution in [2.45, 2.75) is 64.7 Å². The molecule has 1 atom stereocenters. The second-order valence-corrected chi connectivity index (χ2v) is 8.81. The number of carboxylic acids is 1. The Morgan fingerprint density at radius 3 is 2.50 bits per heavy atom. The van der Waals surface area contributed by atoms with Gasteiger partial charge in [-0.3, -0.25) is 14.4 Å². The average molecular weight is 378 g/mol. The summed E-state index contributed by atoms with van der Waals surface area (Å²) in [5, 5.41) is 12.7. The van der Waals surface area contributed by atoms with Gasteiger partial charge in [0, 0.05) is 4.88 Å². The summed E-state index contributed by atoms with van der Waals surface area (Å²) in [6.45, 7) is 1.75. The molecule has 2 amide bonds. The maximum absolute atomic E-state index is 13.2. The molecule has 0 bridgehead atoms. The van der Waals surface area contributed by atoms with Gasteiger partial charge in [-0.2, -0.15) is 0 Å². The van der Waals surface area contributed by atoms with Crippen molar-refractivity contribution in [1.29, 1.82) is 0 Å². The van der Waals surface area contributed by atoms with Crippen LogP contribution >= 0.6 is 11.3 Å². The molecule has 1 aromatic rings. The molecule has 2 aliphatic rings. The molecule has 1 heterocycles. The molecule has 4 N–H and O–H groups in total. The maximum atomic E-state index is 13.2. The summed E-state index contributed by atoms with van der Waals surface area (Å²) in [5.74, 6) is -1.78. The van der Waals surface area contributed by atoms with Gasteiger partial charge in [0.1, 0.15) is 5.00 Å². The molecular formula is C19H26N2O4S. The molecule has 0 aromatic carbocycles. The molecule has 6 nitrogen and oxygen atoms in total. The largest absolute Gasteiger partial charge is 0.481 e. The van der Waals surface area contributed by atoms with Crippen LogP contribution < -0.4 is 11.1 Å². The molecule has 2 aliphatic carbocycles. The van der Waals surface area contributed by atoms with Crippen LogP contribution in [0, 0.1) is 11.3 Å². The summed E-state index contributed by atoms with van der Waals surface area (Å²) >= 11 is 1.41. The third kappa shape index (κ3) is 3.49. The highest BCUT2D eigenvalue weighted by molar-refractivity contribution is 7.17. The van der Waals surface area contributed by atoms with Crippen molar-refractivity contribution < 1.29 is 19.5 Å². The van der Waals surface area contributed by atoms with Crippen LogP contribution in [0.3, 0.4) is 0 Å². The number of carbonyl (C=O) groups excluding carboxylic acids is 2. The Hall–Kier alpha value is -1.89. The zero-order valence-electron chi connectivity index (χ0n) is 15.1. The van der Waals surface area contributed by atoms with Gasteiger partial charge in [-0.15, -0.1) is 11.3 Å². The molecule has 0 saturated heterocycles. The number of carbonyl (C=O) groups is 3. The van der Waals surface area contributed by atoms with E-state index in [4.69, 9.17) is 5.73 Å². The number of rotatable bonds is 6. The van der Waals surface area contributed by atoms with Crippen molar-refractivity contribution in [2.75, 3.05) is 5.32 Å². The molecule has 26 heavy (non-hydrogen) atoms. The van der Waals surface area contributed by atoms with Crippen molar-refractivity contribution in [2.24, 2.45) is 17.1 Å². The summed E-state index contributed by atoms with van der Waals surface area (Å²) in [4.78, 5) is 37.6.